The number of benzene rings is 1. The smallest absolute Gasteiger partial charge is 0.0775 e. The molecule has 0 atom stereocenters. The molecule has 114 valence electrons. The first-order valence-electron chi connectivity index (χ1n) is 7.92. The van der Waals surface area contributed by atoms with Crippen molar-refractivity contribution >= 4 is 22.3 Å². The van der Waals surface area contributed by atoms with E-state index in [1.54, 1.807) is 0 Å². The molecule has 1 aliphatic heterocycles. The highest BCUT2D eigenvalue weighted by molar-refractivity contribution is 5.94. The first kappa shape index (κ1) is 14.6. The zero-order chi connectivity index (χ0) is 15.5. The highest BCUT2D eigenvalue weighted by Gasteiger charge is 2.14. The van der Waals surface area contributed by atoms with Crippen molar-refractivity contribution in [3.05, 3.63) is 30.0 Å². The van der Waals surface area contributed by atoms with Gasteiger partial charge in [0.1, 0.15) is 0 Å². The molecule has 0 unspecified atom stereocenters. The summed E-state index contributed by atoms with van der Waals surface area (Å²) < 4.78 is 0. The van der Waals surface area contributed by atoms with Gasteiger partial charge in [0.2, 0.25) is 0 Å². The minimum atomic E-state index is 0.352. The van der Waals surface area contributed by atoms with Crippen LogP contribution in [0.5, 0.6) is 0 Å². The molecule has 0 spiro atoms. The molecule has 22 heavy (non-hydrogen) atoms. The van der Waals surface area contributed by atoms with Crippen molar-refractivity contribution in [2.75, 3.05) is 37.0 Å². The molecule has 0 amide bonds. The summed E-state index contributed by atoms with van der Waals surface area (Å²) in [5.74, 6) is 0. The minimum absolute atomic E-state index is 0.352. The van der Waals surface area contributed by atoms with E-state index >= 15 is 0 Å². The van der Waals surface area contributed by atoms with Gasteiger partial charge in [-0.1, -0.05) is 0 Å². The molecule has 3 rings (SSSR count). The monoisotopic (exact) mass is 294 g/mol. The molecule has 0 radical (unpaired) electrons. The summed E-state index contributed by atoms with van der Waals surface area (Å²) in [7, 11) is 4.08. The summed E-state index contributed by atoms with van der Waals surface area (Å²) in [6, 6.07) is 10.7. The zero-order valence-electron chi connectivity index (χ0n) is 13.3. The Morgan fingerprint density at radius 1 is 1.18 bits per heavy atom. The number of hydrogen-bond acceptors (Lipinski definition) is 4. The molecule has 1 saturated heterocycles. The van der Waals surface area contributed by atoms with Crippen LogP contribution in [0.4, 0.5) is 11.4 Å². The van der Waals surface area contributed by atoms with Crippen LogP contribution in [0.15, 0.2) is 24.3 Å². The number of fused-ring (bicyclic) bond motifs is 1. The molecule has 1 aromatic carbocycles. The minimum Gasteiger partial charge on any atom is -0.377 e. The topological polar surface area (TPSA) is 43.2 Å². The second-order valence-electron chi connectivity index (χ2n) is 6.11. The van der Waals surface area contributed by atoms with Crippen molar-refractivity contribution < 1.29 is 0 Å². The van der Waals surface area contributed by atoms with Gasteiger partial charge in [0.15, 0.2) is 0 Å². The Kier molecular flexibility index (Phi) is 4.15. The van der Waals surface area contributed by atoms with Gasteiger partial charge >= 0.3 is 0 Å². The molecule has 0 aliphatic carbocycles. The molecular formula is C18H22N4. The van der Waals surface area contributed by atoms with Crippen molar-refractivity contribution in [2.45, 2.75) is 25.7 Å². The van der Waals surface area contributed by atoms with Gasteiger partial charge in [-0.05, 0) is 43.5 Å². The average Bonchev–Trinajstić information content (AvgIpc) is 2.54. The van der Waals surface area contributed by atoms with Gasteiger partial charge in [0.05, 0.1) is 23.7 Å². The van der Waals surface area contributed by atoms with Gasteiger partial charge in [-0.3, -0.25) is 4.98 Å². The van der Waals surface area contributed by atoms with E-state index in [1.807, 2.05) is 20.2 Å². The van der Waals surface area contributed by atoms with Crippen LogP contribution in [-0.2, 0) is 6.42 Å². The van der Waals surface area contributed by atoms with Crippen molar-refractivity contribution in [1.82, 2.24) is 4.98 Å². The van der Waals surface area contributed by atoms with Crippen LogP contribution >= 0.6 is 0 Å². The lowest BCUT2D eigenvalue weighted by Crippen LogP contribution is -2.29. The average molecular weight is 294 g/mol. The Hall–Kier alpha value is -2.28. The molecule has 2 aromatic rings. The first-order chi connectivity index (χ1) is 10.7. The van der Waals surface area contributed by atoms with Gasteiger partial charge in [0.25, 0.3) is 0 Å². The SMILES string of the molecule is CN(C)c1cc(CC#N)nc2ccc(N3CCCCC3)cc12. The summed E-state index contributed by atoms with van der Waals surface area (Å²) in [5, 5.41) is 10.1. The normalized spacial score (nSPS) is 14.9. The van der Waals surface area contributed by atoms with Crippen LogP contribution in [0.2, 0.25) is 0 Å². The highest BCUT2D eigenvalue weighted by Crippen LogP contribution is 2.30. The summed E-state index contributed by atoms with van der Waals surface area (Å²) in [4.78, 5) is 9.19. The molecule has 2 heterocycles. The molecule has 4 heteroatoms. The summed E-state index contributed by atoms with van der Waals surface area (Å²) in [5.41, 5.74) is 4.22. The van der Waals surface area contributed by atoms with Crippen molar-refractivity contribution in [3.8, 4) is 6.07 Å². The maximum atomic E-state index is 8.93. The standard InChI is InChI=1S/C18H22N4/c1-21(2)18-12-14(8-9-19)20-17-7-6-15(13-16(17)18)22-10-4-3-5-11-22/h6-7,12-13H,3-5,8,10-11H2,1-2H3. The van der Waals surface area contributed by atoms with E-state index in [0.717, 1.165) is 35.4 Å². The van der Waals surface area contributed by atoms with Crippen LogP contribution in [0, 0.1) is 11.3 Å². The Balaban J connectivity index is 2.08. The molecular weight excluding hydrogens is 272 g/mol. The van der Waals surface area contributed by atoms with Gasteiger partial charge in [0, 0.05) is 43.9 Å². The Morgan fingerprint density at radius 2 is 1.95 bits per heavy atom. The fourth-order valence-electron chi connectivity index (χ4n) is 3.14. The van der Waals surface area contributed by atoms with E-state index in [-0.39, 0.29) is 0 Å². The maximum Gasteiger partial charge on any atom is 0.0775 e. The Bertz CT molecular complexity index is 709. The second-order valence-corrected chi connectivity index (χ2v) is 6.11. The second kappa shape index (κ2) is 6.23. The summed E-state index contributed by atoms with van der Waals surface area (Å²) >= 11 is 0. The molecule has 1 aromatic heterocycles. The maximum absolute atomic E-state index is 8.93. The number of piperidine rings is 1. The molecule has 0 saturated carbocycles. The van der Waals surface area contributed by atoms with E-state index in [0.29, 0.717) is 6.42 Å². The fraction of sp³-hybridized carbons (Fsp3) is 0.444. The number of rotatable bonds is 3. The third kappa shape index (κ3) is 2.85. The van der Waals surface area contributed by atoms with Crippen molar-refractivity contribution in [2.24, 2.45) is 0 Å². The van der Waals surface area contributed by atoms with Gasteiger partial charge in [-0.25, -0.2) is 0 Å². The van der Waals surface area contributed by atoms with Crippen LogP contribution in [0.3, 0.4) is 0 Å². The van der Waals surface area contributed by atoms with Crippen LogP contribution in [-0.4, -0.2) is 32.2 Å². The van der Waals surface area contributed by atoms with E-state index in [9.17, 15) is 0 Å². The number of nitriles is 1. The predicted octanol–water partition coefficient (Wildman–Crippen LogP) is 3.36. The van der Waals surface area contributed by atoms with Gasteiger partial charge in [-0.15, -0.1) is 0 Å². The molecule has 0 N–H and O–H groups in total. The lowest BCUT2D eigenvalue weighted by molar-refractivity contribution is 0.578. The third-order valence-corrected chi connectivity index (χ3v) is 4.29. The van der Waals surface area contributed by atoms with E-state index in [4.69, 9.17) is 5.26 Å². The quantitative estimate of drug-likeness (QED) is 0.870. The third-order valence-electron chi connectivity index (χ3n) is 4.29. The number of nitrogens with zero attached hydrogens (tertiary/aromatic N) is 4. The number of anilines is 2. The number of pyridine rings is 1. The van der Waals surface area contributed by atoms with Gasteiger partial charge in [-0.2, -0.15) is 5.26 Å². The molecule has 0 bridgehead atoms. The van der Waals surface area contributed by atoms with Crippen molar-refractivity contribution in [3.63, 3.8) is 0 Å². The Labute approximate surface area is 132 Å². The molecule has 4 nitrogen and oxygen atoms in total. The fourth-order valence-corrected chi connectivity index (χ4v) is 3.14. The molecule has 1 aliphatic rings. The zero-order valence-corrected chi connectivity index (χ0v) is 13.3. The largest absolute Gasteiger partial charge is 0.377 e. The number of aromatic nitrogens is 1. The lowest BCUT2D eigenvalue weighted by atomic mass is 10.1. The van der Waals surface area contributed by atoms with E-state index in [1.165, 1.54) is 24.9 Å². The van der Waals surface area contributed by atoms with Crippen LogP contribution < -0.4 is 9.80 Å². The number of hydrogen-bond donors (Lipinski definition) is 0. The molecule has 1 fully saturated rings. The Morgan fingerprint density at radius 3 is 2.64 bits per heavy atom. The first-order valence-corrected chi connectivity index (χ1v) is 7.92. The van der Waals surface area contributed by atoms with Gasteiger partial charge < -0.3 is 9.80 Å². The predicted molar refractivity (Wildman–Crippen MR) is 91.5 cm³/mol. The summed E-state index contributed by atoms with van der Waals surface area (Å²) in [6.07, 6.45) is 4.24. The van der Waals surface area contributed by atoms with E-state index in [2.05, 4.69) is 39.1 Å². The lowest BCUT2D eigenvalue weighted by Gasteiger charge is -2.29. The van der Waals surface area contributed by atoms with Crippen molar-refractivity contribution in [1.29, 1.82) is 5.26 Å². The van der Waals surface area contributed by atoms with Crippen LogP contribution in [0.25, 0.3) is 10.9 Å². The van der Waals surface area contributed by atoms with Crippen LogP contribution in [0.1, 0.15) is 25.0 Å². The summed E-state index contributed by atoms with van der Waals surface area (Å²) in [6.45, 7) is 2.28. The van der Waals surface area contributed by atoms with E-state index < -0.39 is 0 Å². The highest BCUT2D eigenvalue weighted by atomic mass is 15.1.